The number of hydrogen-bond donors (Lipinski definition) is 1. The lowest BCUT2D eigenvalue weighted by molar-refractivity contribution is 0.0935. The maximum atomic E-state index is 13.3. The van der Waals surface area contributed by atoms with Crippen LogP contribution >= 0.6 is 15.9 Å². The van der Waals surface area contributed by atoms with Crippen molar-refractivity contribution in [2.24, 2.45) is 5.41 Å². The van der Waals surface area contributed by atoms with Gasteiger partial charge in [-0.3, -0.25) is 4.79 Å². The van der Waals surface area contributed by atoms with Crippen LogP contribution in [0, 0.1) is 17.0 Å². The number of rotatable bonds is 4. The van der Waals surface area contributed by atoms with Gasteiger partial charge >= 0.3 is 0 Å². The molecule has 1 amide bonds. The first-order valence-corrected chi connectivity index (χ1v) is 6.28. The van der Waals surface area contributed by atoms with Gasteiger partial charge in [-0.25, -0.2) is 8.78 Å². The summed E-state index contributed by atoms with van der Waals surface area (Å²) in [6.45, 7) is 4.28. The lowest BCUT2D eigenvalue weighted by Gasteiger charge is -2.21. The predicted octanol–water partition coefficient (Wildman–Crippen LogP) is 3.12. The molecule has 0 aliphatic heterocycles. The lowest BCUT2D eigenvalue weighted by atomic mass is 9.97. The highest BCUT2D eigenvalue weighted by molar-refractivity contribution is 9.09. The molecule has 0 aliphatic carbocycles. The van der Waals surface area contributed by atoms with Gasteiger partial charge in [0.1, 0.15) is 0 Å². The van der Waals surface area contributed by atoms with Crippen molar-refractivity contribution >= 4 is 21.8 Å². The van der Waals surface area contributed by atoms with E-state index < -0.39 is 17.5 Å². The number of benzene rings is 1. The minimum atomic E-state index is -1.11. The third-order valence-corrected chi connectivity index (χ3v) is 3.80. The lowest BCUT2D eigenvalue weighted by Crippen LogP contribution is -2.35. The molecule has 0 heterocycles. The van der Waals surface area contributed by atoms with Crippen molar-refractivity contribution in [3.63, 3.8) is 0 Å². The highest BCUT2D eigenvalue weighted by Gasteiger charge is 2.20. The monoisotopic (exact) mass is 305 g/mol. The summed E-state index contributed by atoms with van der Waals surface area (Å²) in [6.07, 6.45) is 0. The summed E-state index contributed by atoms with van der Waals surface area (Å²) in [5.41, 5.74) is -0.408. The van der Waals surface area contributed by atoms with Crippen molar-refractivity contribution in [2.45, 2.75) is 13.8 Å². The topological polar surface area (TPSA) is 29.1 Å². The van der Waals surface area contributed by atoms with Crippen LogP contribution in [-0.2, 0) is 0 Å². The summed E-state index contributed by atoms with van der Waals surface area (Å²) < 4.78 is 26.2. The van der Waals surface area contributed by atoms with Crippen LogP contribution in [0.1, 0.15) is 24.2 Å². The smallest absolute Gasteiger partial charge is 0.254 e. The second-order valence-corrected chi connectivity index (χ2v) is 5.14. The Bertz CT molecular complexity index is 421. The van der Waals surface area contributed by atoms with Gasteiger partial charge in [-0.1, -0.05) is 35.8 Å². The second-order valence-electron chi connectivity index (χ2n) is 4.58. The van der Waals surface area contributed by atoms with Crippen LogP contribution in [0.5, 0.6) is 0 Å². The van der Waals surface area contributed by atoms with Gasteiger partial charge in [0.05, 0.1) is 5.56 Å². The molecule has 17 heavy (non-hydrogen) atoms. The fourth-order valence-electron chi connectivity index (χ4n) is 1.14. The molecule has 2 nitrogen and oxygen atoms in total. The number of alkyl halides is 1. The zero-order valence-corrected chi connectivity index (χ0v) is 11.3. The quantitative estimate of drug-likeness (QED) is 0.851. The van der Waals surface area contributed by atoms with Crippen molar-refractivity contribution in [2.75, 3.05) is 11.9 Å². The second kappa shape index (κ2) is 5.58. The average molecular weight is 306 g/mol. The fraction of sp³-hybridized carbons (Fsp3) is 0.417. The molecular formula is C12H14BrF2NO. The highest BCUT2D eigenvalue weighted by Crippen LogP contribution is 2.17. The Balaban J connectivity index is 2.74. The third kappa shape index (κ3) is 3.77. The van der Waals surface area contributed by atoms with E-state index in [1.54, 1.807) is 0 Å². The minimum absolute atomic E-state index is 0.139. The van der Waals surface area contributed by atoms with E-state index in [0.717, 1.165) is 6.07 Å². The molecule has 94 valence electrons. The van der Waals surface area contributed by atoms with Gasteiger partial charge in [0.2, 0.25) is 0 Å². The van der Waals surface area contributed by atoms with Gasteiger partial charge in [0, 0.05) is 11.9 Å². The summed E-state index contributed by atoms with van der Waals surface area (Å²) in [7, 11) is 0. The molecule has 1 rings (SSSR count). The maximum absolute atomic E-state index is 13.3. The highest BCUT2D eigenvalue weighted by atomic mass is 79.9. The van der Waals surface area contributed by atoms with Crippen LogP contribution < -0.4 is 5.32 Å². The van der Waals surface area contributed by atoms with E-state index in [4.69, 9.17) is 0 Å². The van der Waals surface area contributed by atoms with E-state index in [1.165, 1.54) is 12.1 Å². The molecule has 1 aromatic carbocycles. The number of carbonyl (C=O) groups excluding carboxylic acids is 1. The Hall–Kier alpha value is -0.970. The summed E-state index contributed by atoms with van der Waals surface area (Å²) in [6, 6.07) is 3.55. The van der Waals surface area contributed by atoms with Crippen LogP contribution in [0.3, 0.4) is 0 Å². The molecule has 5 heteroatoms. The molecule has 0 fully saturated rings. The SMILES string of the molecule is CC(C)(CBr)CNC(=O)c1cccc(F)c1F. The van der Waals surface area contributed by atoms with Crippen LogP contribution in [-0.4, -0.2) is 17.8 Å². The molecule has 0 saturated carbocycles. The van der Waals surface area contributed by atoms with Gasteiger partial charge in [0.15, 0.2) is 11.6 Å². The largest absolute Gasteiger partial charge is 0.351 e. The standard InChI is InChI=1S/C12H14BrF2NO/c1-12(2,6-13)7-16-11(17)8-4-3-5-9(14)10(8)15/h3-5H,6-7H2,1-2H3,(H,16,17). The molecular weight excluding hydrogens is 292 g/mol. The summed E-state index contributed by atoms with van der Waals surface area (Å²) in [4.78, 5) is 11.6. The van der Waals surface area contributed by atoms with Gasteiger partial charge in [0.25, 0.3) is 5.91 Å². The van der Waals surface area contributed by atoms with Gasteiger partial charge < -0.3 is 5.32 Å². The first-order chi connectivity index (χ1) is 7.87. The van der Waals surface area contributed by atoms with E-state index >= 15 is 0 Å². The van der Waals surface area contributed by atoms with E-state index in [0.29, 0.717) is 11.9 Å². The van der Waals surface area contributed by atoms with Crippen molar-refractivity contribution in [3.8, 4) is 0 Å². The van der Waals surface area contributed by atoms with Crippen LogP contribution in [0.15, 0.2) is 18.2 Å². The molecule has 0 bridgehead atoms. The molecule has 0 aromatic heterocycles. The number of halogens is 3. The number of hydrogen-bond acceptors (Lipinski definition) is 1. The molecule has 0 aliphatic rings. The Labute approximate surface area is 108 Å². The first-order valence-electron chi connectivity index (χ1n) is 5.15. The Kier molecular flexibility index (Phi) is 4.62. The van der Waals surface area contributed by atoms with Crippen LogP contribution in [0.25, 0.3) is 0 Å². The molecule has 0 saturated heterocycles. The number of amides is 1. The minimum Gasteiger partial charge on any atom is -0.351 e. The van der Waals surface area contributed by atoms with E-state index in [9.17, 15) is 13.6 Å². The summed E-state index contributed by atoms with van der Waals surface area (Å²) >= 11 is 3.32. The van der Waals surface area contributed by atoms with Crippen molar-refractivity contribution < 1.29 is 13.6 Å². The fourth-order valence-corrected chi connectivity index (χ4v) is 1.34. The third-order valence-electron chi connectivity index (χ3n) is 2.29. The summed E-state index contributed by atoms with van der Waals surface area (Å²) in [5, 5.41) is 3.28. The Morgan fingerprint density at radius 3 is 2.65 bits per heavy atom. The summed E-state index contributed by atoms with van der Waals surface area (Å²) in [5.74, 6) is -2.73. The maximum Gasteiger partial charge on any atom is 0.254 e. The Morgan fingerprint density at radius 1 is 1.41 bits per heavy atom. The van der Waals surface area contributed by atoms with E-state index in [-0.39, 0.29) is 11.0 Å². The average Bonchev–Trinajstić information content (AvgIpc) is 2.30. The molecule has 1 aromatic rings. The molecule has 0 radical (unpaired) electrons. The predicted molar refractivity (Wildman–Crippen MR) is 66.3 cm³/mol. The van der Waals surface area contributed by atoms with Crippen LogP contribution in [0.2, 0.25) is 0 Å². The normalized spacial score (nSPS) is 11.4. The zero-order chi connectivity index (χ0) is 13.1. The van der Waals surface area contributed by atoms with Crippen molar-refractivity contribution in [1.82, 2.24) is 5.32 Å². The van der Waals surface area contributed by atoms with Crippen molar-refractivity contribution in [1.29, 1.82) is 0 Å². The molecule has 0 unspecified atom stereocenters. The molecule has 0 atom stereocenters. The van der Waals surface area contributed by atoms with Crippen LogP contribution in [0.4, 0.5) is 8.78 Å². The van der Waals surface area contributed by atoms with Gasteiger partial charge in [-0.2, -0.15) is 0 Å². The zero-order valence-electron chi connectivity index (χ0n) is 9.69. The number of nitrogens with one attached hydrogen (secondary N) is 1. The van der Waals surface area contributed by atoms with Gasteiger partial charge in [-0.05, 0) is 17.5 Å². The molecule has 0 spiro atoms. The Morgan fingerprint density at radius 2 is 2.06 bits per heavy atom. The van der Waals surface area contributed by atoms with Gasteiger partial charge in [-0.15, -0.1) is 0 Å². The number of carbonyl (C=O) groups is 1. The molecule has 1 N–H and O–H groups in total. The first kappa shape index (κ1) is 14.1. The van der Waals surface area contributed by atoms with E-state index in [1.807, 2.05) is 13.8 Å². The van der Waals surface area contributed by atoms with E-state index in [2.05, 4.69) is 21.2 Å². The van der Waals surface area contributed by atoms with Crippen molar-refractivity contribution in [3.05, 3.63) is 35.4 Å².